The fourth-order valence-electron chi connectivity index (χ4n) is 3.44. The van der Waals surface area contributed by atoms with Crippen molar-refractivity contribution in [2.45, 2.75) is 24.2 Å². The first kappa shape index (κ1) is 20.7. The number of sulfone groups is 1. The van der Waals surface area contributed by atoms with Crippen LogP contribution >= 0.6 is 0 Å². The first-order chi connectivity index (χ1) is 14.7. The molecule has 1 saturated heterocycles. The number of nitrogens with zero attached hydrogens (tertiary/aromatic N) is 3. The number of anilines is 2. The Hall–Kier alpha value is -3.53. The fraction of sp³-hybridized carbons (Fsp3) is 0.238. The van der Waals surface area contributed by atoms with Gasteiger partial charge in [-0.1, -0.05) is 23.3 Å². The molecule has 0 bridgehead atoms. The molecule has 9 nitrogen and oxygen atoms in total. The van der Waals surface area contributed by atoms with E-state index in [1.54, 1.807) is 29.2 Å². The summed E-state index contributed by atoms with van der Waals surface area (Å²) in [5.41, 5.74) is 1.91. The van der Waals surface area contributed by atoms with E-state index in [4.69, 9.17) is 4.42 Å². The number of aryl methyl sites for hydroxylation is 1. The van der Waals surface area contributed by atoms with Gasteiger partial charge in [-0.05, 0) is 42.8 Å². The van der Waals surface area contributed by atoms with Crippen LogP contribution in [0, 0.1) is 6.92 Å². The molecule has 0 unspecified atom stereocenters. The summed E-state index contributed by atoms with van der Waals surface area (Å²) in [6, 6.07) is 13.2. The Morgan fingerprint density at radius 1 is 1.13 bits per heavy atom. The quantitative estimate of drug-likeness (QED) is 0.647. The molecule has 1 N–H and O–H groups in total. The van der Waals surface area contributed by atoms with Crippen LogP contribution in [0.4, 0.5) is 11.7 Å². The normalized spacial score (nSPS) is 16.5. The van der Waals surface area contributed by atoms with Gasteiger partial charge in [0.05, 0.1) is 10.8 Å². The van der Waals surface area contributed by atoms with Crippen molar-refractivity contribution in [3.05, 3.63) is 65.5 Å². The van der Waals surface area contributed by atoms with Crippen molar-refractivity contribution in [2.75, 3.05) is 23.0 Å². The molecule has 4 rings (SSSR count). The molecule has 2 aromatic carbocycles. The van der Waals surface area contributed by atoms with Gasteiger partial charge in [0.2, 0.25) is 11.8 Å². The number of aromatic nitrogens is 2. The Bertz CT molecular complexity index is 1250. The van der Waals surface area contributed by atoms with E-state index >= 15 is 0 Å². The van der Waals surface area contributed by atoms with Crippen molar-refractivity contribution in [1.29, 1.82) is 0 Å². The van der Waals surface area contributed by atoms with E-state index < -0.39 is 9.84 Å². The van der Waals surface area contributed by atoms with E-state index in [2.05, 4.69) is 15.5 Å². The maximum absolute atomic E-state index is 12.5. The Labute approximate surface area is 179 Å². The van der Waals surface area contributed by atoms with E-state index in [0.29, 0.717) is 17.8 Å². The van der Waals surface area contributed by atoms with Crippen LogP contribution in [0.2, 0.25) is 0 Å². The van der Waals surface area contributed by atoms with Crippen LogP contribution in [0.3, 0.4) is 0 Å². The van der Waals surface area contributed by atoms with Gasteiger partial charge in [0.15, 0.2) is 9.84 Å². The summed E-state index contributed by atoms with van der Waals surface area (Å²) < 4.78 is 28.8. The van der Waals surface area contributed by atoms with E-state index in [9.17, 15) is 18.0 Å². The van der Waals surface area contributed by atoms with Crippen LogP contribution in [-0.4, -0.2) is 43.2 Å². The highest BCUT2D eigenvalue weighted by Gasteiger charge is 2.35. The number of hydrogen-bond acceptors (Lipinski definition) is 7. The van der Waals surface area contributed by atoms with Crippen LogP contribution in [0.5, 0.6) is 0 Å². The molecule has 2 amide bonds. The van der Waals surface area contributed by atoms with Crippen LogP contribution in [0.1, 0.15) is 34.2 Å². The number of carbonyl (C=O) groups is 2. The molecular formula is C21H20N4O5S. The minimum Gasteiger partial charge on any atom is -0.407 e. The monoisotopic (exact) mass is 440 g/mol. The number of carbonyl (C=O) groups excluding carboxylic acids is 2. The Morgan fingerprint density at radius 2 is 1.84 bits per heavy atom. The highest BCUT2D eigenvalue weighted by Crippen LogP contribution is 2.32. The van der Waals surface area contributed by atoms with Gasteiger partial charge in [-0.25, -0.2) is 8.42 Å². The lowest BCUT2D eigenvalue weighted by molar-refractivity contribution is -0.117. The maximum Gasteiger partial charge on any atom is 0.322 e. The third-order valence-corrected chi connectivity index (χ3v) is 6.23. The minimum atomic E-state index is -3.31. The van der Waals surface area contributed by atoms with Gasteiger partial charge < -0.3 is 9.32 Å². The Kier molecular flexibility index (Phi) is 5.32. The Balaban J connectivity index is 1.46. The molecule has 1 atom stereocenters. The van der Waals surface area contributed by atoms with E-state index in [0.717, 1.165) is 11.8 Å². The number of hydrogen-bond donors (Lipinski definition) is 1. The summed E-state index contributed by atoms with van der Waals surface area (Å²) in [5.74, 6) is -0.577. The standard InChI is InChI=1S/C21H20N4O5S/c1-13-5-3-4-6-17(13)19(27)22-21-24-23-20(30-21)14-11-18(26)25(12-14)15-7-9-16(10-8-15)31(2,28)29/h3-10,14H,11-12H2,1-2H3,(H,22,24,27)/t14-/m1/s1. The highest BCUT2D eigenvalue weighted by molar-refractivity contribution is 7.90. The zero-order chi connectivity index (χ0) is 22.2. The summed E-state index contributed by atoms with van der Waals surface area (Å²) in [7, 11) is -3.31. The predicted molar refractivity (Wildman–Crippen MR) is 113 cm³/mol. The SMILES string of the molecule is Cc1ccccc1C(=O)Nc1nnc([C@@H]2CC(=O)N(c3ccc(S(C)(=O)=O)cc3)C2)o1. The lowest BCUT2D eigenvalue weighted by Crippen LogP contribution is -2.24. The number of rotatable bonds is 5. The molecule has 0 spiro atoms. The van der Waals surface area contributed by atoms with Crippen molar-refractivity contribution < 1.29 is 22.4 Å². The van der Waals surface area contributed by atoms with Gasteiger partial charge in [0, 0.05) is 30.5 Å². The third-order valence-electron chi connectivity index (χ3n) is 5.10. The smallest absolute Gasteiger partial charge is 0.322 e. The molecule has 0 radical (unpaired) electrons. The van der Waals surface area contributed by atoms with Crippen LogP contribution < -0.4 is 10.2 Å². The van der Waals surface area contributed by atoms with Gasteiger partial charge in [-0.15, -0.1) is 5.10 Å². The second-order valence-electron chi connectivity index (χ2n) is 7.39. The first-order valence-corrected chi connectivity index (χ1v) is 11.4. The minimum absolute atomic E-state index is 0.0355. The van der Waals surface area contributed by atoms with Gasteiger partial charge in [-0.3, -0.25) is 14.9 Å². The molecule has 2 heterocycles. The fourth-order valence-corrected chi connectivity index (χ4v) is 4.07. The molecule has 0 aliphatic carbocycles. The van der Waals surface area contributed by atoms with Crippen LogP contribution in [0.25, 0.3) is 0 Å². The predicted octanol–water partition coefficient (Wildman–Crippen LogP) is 2.55. The molecule has 1 fully saturated rings. The van der Waals surface area contributed by atoms with Gasteiger partial charge >= 0.3 is 6.01 Å². The summed E-state index contributed by atoms with van der Waals surface area (Å²) in [5, 5.41) is 10.4. The number of nitrogens with one attached hydrogen (secondary N) is 1. The second-order valence-corrected chi connectivity index (χ2v) is 9.40. The lowest BCUT2D eigenvalue weighted by atomic mass is 10.1. The average molecular weight is 440 g/mol. The van der Waals surface area contributed by atoms with Gasteiger partial charge in [-0.2, -0.15) is 0 Å². The molecule has 0 saturated carbocycles. The molecule has 160 valence electrons. The van der Waals surface area contributed by atoms with E-state index in [1.165, 1.54) is 12.1 Å². The zero-order valence-corrected chi connectivity index (χ0v) is 17.7. The van der Waals surface area contributed by atoms with Crippen molar-refractivity contribution >= 4 is 33.4 Å². The van der Waals surface area contributed by atoms with Crippen molar-refractivity contribution in [3.63, 3.8) is 0 Å². The van der Waals surface area contributed by atoms with E-state index in [1.807, 2.05) is 19.1 Å². The molecular weight excluding hydrogens is 420 g/mol. The van der Waals surface area contributed by atoms with E-state index in [-0.39, 0.29) is 41.0 Å². The summed E-state index contributed by atoms with van der Waals surface area (Å²) in [4.78, 5) is 26.6. The zero-order valence-electron chi connectivity index (χ0n) is 16.9. The van der Waals surface area contributed by atoms with Crippen LogP contribution in [-0.2, 0) is 14.6 Å². The molecule has 1 aliphatic heterocycles. The largest absolute Gasteiger partial charge is 0.407 e. The molecule has 31 heavy (non-hydrogen) atoms. The molecule has 1 aliphatic rings. The Morgan fingerprint density at radius 3 is 2.52 bits per heavy atom. The van der Waals surface area contributed by atoms with Gasteiger partial charge in [0.1, 0.15) is 0 Å². The second kappa shape index (κ2) is 7.95. The summed E-state index contributed by atoms with van der Waals surface area (Å²) in [6.45, 7) is 2.14. The van der Waals surface area contributed by atoms with Crippen molar-refractivity contribution in [3.8, 4) is 0 Å². The summed E-state index contributed by atoms with van der Waals surface area (Å²) >= 11 is 0. The number of benzene rings is 2. The van der Waals surface area contributed by atoms with Crippen LogP contribution in [0.15, 0.2) is 57.8 Å². The third kappa shape index (κ3) is 4.33. The van der Waals surface area contributed by atoms with Crippen molar-refractivity contribution in [2.24, 2.45) is 0 Å². The maximum atomic E-state index is 12.5. The molecule has 1 aromatic heterocycles. The average Bonchev–Trinajstić information content (AvgIpc) is 3.34. The lowest BCUT2D eigenvalue weighted by Gasteiger charge is -2.16. The summed E-state index contributed by atoms with van der Waals surface area (Å²) in [6.07, 6.45) is 1.30. The molecule has 10 heteroatoms. The molecule has 3 aromatic rings. The topological polar surface area (TPSA) is 122 Å². The highest BCUT2D eigenvalue weighted by atomic mass is 32.2. The van der Waals surface area contributed by atoms with Crippen molar-refractivity contribution in [1.82, 2.24) is 10.2 Å². The van der Waals surface area contributed by atoms with Gasteiger partial charge in [0.25, 0.3) is 5.91 Å². The number of amides is 2. The first-order valence-electron chi connectivity index (χ1n) is 9.53.